The molecule has 3 N–H and O–H groups in total. The maximum absolute atomic E-state index is 6.17. The van der Waals surface area contributed by atoms with Crippen molar-refractivity contribution < 1.29 is 0 Å². The highest BCUT2D eigenvalue weighted by Crippen LogP contribution is 2.25. The van der Waals surface area contributed by atoms with E-state index >= 15 is 0 Å². The number of nitrogens with one attached hydrogen (secondary N) is 1. The Balaban J connectivity index is 1.98. The molecule has 3 heteroatoms. The third-order valence-corrected chi connectivity index (χ3v) is 3.67. The molecule has 0 amide bonds. The van der Waals surface area contributed by atoms with E-state index in [-0.39, 0.29) is 0 Å². The zero-order valence-corrected chi connectivity index (χ0v) is 10.4. The van der Waals surface area contributed by atoms with Crippen LogP contribution < -0.4 is 11.1 Å². The number of benzene rings is 1. The largest absolute Gasteiger partial charge is 0.328 e. The Hall–Kier alpha value is -0.570. The summed E-state index contributed by atoms with van der Waals surface area (Å²) in [5.74, 6) is 0. The summed E-state index contributed by atoms with van der Waals surface area (Å²) in [4.78, 5) is 0. The van der Waals surface area contributed by atoms with Crippen molar-refractivity contribution in [1.29, 1.82) is 0 Å². The molecular weight excluding hydrogens is 220 g/mol. The molecule has 0 saturated heterocycles. The standard InChI is InChI=1S/C13H19ClN2/c1-9(12-4-2-3-5-13(12)14)16-11-7-6-10(15)8-11/h2-5,9-11,16H,6-8,15H2,1H3/t9-,10?,11?/m0/s1. The Morgan fingerprint density at radius 1 is 1.38 bits per heavy atom. The van der Waals surface area contributed by atoms with E-state index in [9.17, 15) is 0 Å². The van der Waals surface area contributed by atoms with Crippen molar-refractivity contribution >= 4 is 11.6 Å². The van der Waals surface area contributed by atoms with E-state index < -0.39 is 0 Å². The molecule has 1 aliphatic rings. The molecule has 1 saturated carbocycles. The van der Waals surface area contributed by atoms with Gasteiger partial charge < -0.3 is 11.1 Å². The molecule has 0 spiro atoms. The third kappa shape index (κ3) is 2.76. The van der Waals surface area contributed by atoms with Gasteiger partial charge in [-0.25, -0.2) is 0 Å². The van der Waals surface area contributed by atoms with Crippen LogP contribution in [0.25, 0.3) is 0 Å². The molecule has 0 bridgehead atoms. The van der Waals surface area contributed by atoms with Crippen molar-refractivity contribution in [2.24, 2.45) is 5.73 Å². The van der Waals surface area contributed by atoms with E-state index in [1.165, 1.54) is 12.0 Å². The van der Waals surface area contributed by atoms with Crippen LogP contribution >= 0.6 is 11.6 Å². The van der Waals surface area contributed by atoms with Crippen molar-refractivity contribution in [1.82, 2.24) is 5.32 Å². The van der Waals surface area contributed by atoms with E-state index in [1.54, 1.807) is 0 Å². The van der Waals surface area contributed by atoms with Crippen LogP contribution in [0.3, 0.4) is 0 Å². The smallest absolute Gasteiger partial charge is 0.0453 e. The molecule has 1 aliphatic carbocycles. The van der Waals surface area contributed by atoms with Gasteiger partial charge in [-0.15, -0.1) is 0 Å². The van der Waals surface area contributed by atoms with Crippen molar-refractivity contribution in [3.63, 3.8) is 0 Å². The highest BCUT2D eigenvalue weighted by Gasteiger charge is 2.23. The first-order chi connectivity index (χ1) is 7.66. The van der Waals surface area contributed by atoms with Gasteiger partial charge in [-0.2, -0.15) is 0 Å². The predicted molar refractivity (Wildman–Crippen MR) is 68.6 cm³/mol. The van der Waals surface area contributed by atoms with Crippen LogP contribution in [0.15, 0.2) is 24.3 Å². The summed E-state index contributed by atoms with van der Waals surface area (Å²) in [5, 5.41) is 4.44. The molecule has 1 aromatic rings. The lowest BCUT2D eigenvalue weighted by Gasteiger charge is -2.20. The van der Waals surface area contributed by atoms with Crippen LogP contribution in [0, 0.1) is 0 Å². The molecule has 3 atom stereocenters. The first-order valence-corrected chi connectivity index (χ1v) is 6.30. The molecule has 0 aromatic heterocycles. The highest BCUT2D eigenvalue weighted by molar-refractivity contribution is 6.31. The predicted octanol–water partition coefficient (Wildman–Crippen LogP) is 2.87. The number of halogens is 1. The van der Waals surface area contributed by atoms with Gasteiger partial charge in [-0.1, -0.05) is 29.8 Å². The molecule has 1 fully saturated rings. The van der Waals surface area contributed by atoms with Crippen LogP contribution in [0.4, 0.5) is 0 Å². The minimum Gasteiger partial charge on any atom is -0.328 e. The van der Waals surface area contributed by atoms with E-state index in [0.29, 0.717) is 18.1 Å². The molecule has 0 radical (unpaired) electrons. The Labute approximate surface area is 102 Å². The van der Waals surface area contributed by atoms with Crippen LogP contribution in [0.5, 0.6) is 0 Å². The van der Waals surface area contributed by atoms with Gasteiger partial charge in [0.05, 0.1) is 0 Å². The summed E-state index contributed by atoms with van der Waals surface area (Å²) in [7, 11) is 0. The molecule has 2 rings (SSSR count). The van der Waals surface area contributed by atoms with E-state index in [4.69, 9.17) is 17.3 Å². The Morgan fingerprint density at radius 3 is 2.75 bits per heavy atom. The number of hydrogen-bond donors (Lipinski definition) is 2. The van der Waals surface area contributed by atoms with Crippen LogP contribution in [0.1, 0.15) is 37.8 Å². The fraction of sp³-hybridized carbons (Fsp3) is 0.538. The van der Waals surface area contributed by atoms with Crippen molar-refractivity contribution in [2.75, 3.05) is 0 Å². The van der Waals surface area contributed by atoms with Crippen molar-refractivity contribution in [2.45, 2.75) is 44.3 Å². The molecule has 88 valence electrons. The maximum Gasteiger partial charge on any atom is 0.0453 e. The SMILES string of the molecule is C[C@H](NC1CCC(N)C1)c1ccccc1Cl. The number of nitrogens with two attached hydrogens (primary N) is 1. The Kier molecular flexibility index (Phi) is 3.85. The molecule has 2 unspecified atom stereocenters. The minimum absolute atomic E-state index is 0.295. The summed E-state index contributed by atoms with van der Waals surface area (Å²) < 4.78 is 0. The van der Waals surface area contributed by atoms with E-state index in [0.717, 1.165) is 17.9 Å². The highest BCUT2D eigenvalue weighted by atomic mass is 35.5. The van der Waals surface area contributed by atoms with Gasteiger partial charge in [0.15, 0.2) is 0 Å². The van der Waals surface area contributed by atoms with Gasteiger partial charge in [-0.3, -0.25) is 0 Å². The summed E-state index contributed by atoms with van der Waals surface area (Å²) >= 11 is 6.17. The number of hydrogen-bond acceptors (Lipinski definition) is 2. The molecule has 0 aliphatic heterocycles. The van der Waals surface area contributed by atoms with Gasteiger partial charge in [-0.05, 0) is 37.8 Å². The molecule has 0 heterocycles. The van der Waals surface area contributed by atoms with Crippen molar-refractivity contribution in [3.8, 4) is 0 Å². The van der Waals surface area contributed by atoms with Gasteiger partial charge in [0.1, 0.15) is 0 Å². The van der Waals surface area contributed by atoms with Gasteiger partial charge in [0.25, 0.3) is 0 Å². The summed E-state index contributed by atoms with van der Waals surface area (Å²) in [6, 6.07) is 9.22. The Bertz CT molecular complexity index is 354. The molecule has 16 heavy (non-hydrogen) atoms. The topological polar surface area (TPSA) is 38.0 Å². The number of rotatable bonds is 3. The first kappa shape index (κ1) is 11.9. The molecule has 1 aromatic carbocycles. The van der Waals surface area contributed by atoms with Crippen LogP contribution in [-0.4, -0.2) is 12.1 Å². The second-order valence-electron chi connectivity index (χ2n) is 4.68. The third-order valence-electron chi connectivity index (χ3n) is 3.33. The van der Waals surface area contributed by atoms with E-state index in [2.05, 4.69) is 18.3 Å². The van der Waals surface area contributed by atoms with Crippen molar-refractivity contribution in [3.05, 3.63) is 34.9 Å². The quantitative estimate of drug-likeness (QED) is 0.850. The fourth-order valence-electron chi connectivity index (χ4n) is 2.44. The second-order valence-corrected chi connectivity index (χ2v) is 5.09. The lowest BCUT2D eigenvalue weighted by Crippen LogP contribution is -2.30. The molecular formula is C13H19ClN2. The van der Waals surface area contributed by atoms with Gasteiger partial charge in [0.2, 0.25) is 0 Å². The fourth-order valence-corrected chi connectivity index (χ4v) is 2.74. The first-order valence-electron chi connectivity index (χ1n) is 5.93. The van der Waals surface area contributed by atoms with E-state index in [1.807, 2.05) is 18.2 Å². The normalized spacial score (nSPS) is 26.9. The summed E-state index contributed by atoms with van der Waals surface area (Å²) in [6.45, 7) is 2.16. The molecule has 2 nitrogen and oxygen atoms in total. The van der Waals surface area contributed by atoms with Crippen LogP contribution in [-0.2, 0) is 0 Å². The lowest BCUT2D eigenvalue weighted by molar-refractivity contribution is 0.457. The lowest BCUT2D eigenvalue weighted by atomic mass is 10.1. The monoisotopic (exact) mass is 238 g/mol. The average molecular weight is 239 g/mol. The maximum atomic E-state index is 6.17. The van der Waals surface area contributed by atoms with Gasteiger partial charge in [0, 0.05) is 23.1 Å². The van der Waals surface area contributed by atoms with Crippen LogP contribution in [0.2, 0.25) is 5.02 Å². The Morgan fingerprint density at radius 2 is 2.12 bits per heavy atom. The van der Waals surface area contributed by atoms with Gasteiger partial charge >= 0.3 is 0 Å². The summed E-state index contributed by atoms with van der Waals surface area (Å²) in [5.41, 5.74) is 7.07. The second kappa shape index (κ2) is 5.17. The zero-order valence-electron chi connectivity index (χ0n) is 9.62. The zero-order chi connectivity index (χ0) is 11.5. The minimum atomic E-state index is 0.295. The summed E-state index contributed by atoms with van der Waals surface area (Å²) in [6.07, 6.45) is 3.39. The average Bonchev–Trinajstić information content (AvgIpc) is 2.64.